The van der Waals surface area contributed by atoms with E-state index in [-0.39, 0.29) is 0 Å². The van der Waals surface area contributed by atoms with Crippen LogP contribution in [0.3, 0.4) is 0 Å². The maximum atomic E-state index is 6.40. The molecule has 0 bridgehead atoms. The van der Waals surface area contributed by atoms with Crippen molar-refractivity contribution in [2.24, 2.45) is 0 Å². The number of halogens is 2. The first kappa shape index (κ1) is 19.2. The number of nitrogens with zero attached hydrogens (tertiary/aromatic N) is 2. The van der Waals surface area contributed by atoms with Crippen LogP contribution in [0.25, 0.3) is 21.9 Å². The Balaban J connectivity index is 1.38. The van der Waals surface area contributed by atoms with Crippen LogP contribution in [0.1, 0.15) is 17.0 Å². The monoisotopic (exact) mass is 434 g/mol. The zero-order valence-corrected chi connectivity index (χ0v) is 17.7. The SMILES string of the molecule is Clc1cccc(Cl)c1Cn1cc(CNCc2nc3ccccc3[nH]2)c2ccccc21. The van der Waals surface area contributed by atoms with Gasteiger partial charge in [0.05, 0.1) is 24.1 Å². The molecule has 150 valence electrons. The number of fused-ring (bicyclic) bond motifs is 2. The minimum absolute atomic E-state index is 0.628. The third-order valence-electron chi connectivity index (χ3n) is 5.31. The van der Waals surface area contributed by atoms with Gasteiger partial charge in [0.2, 0.25) is 0 Å². The quantitative estimate of drug-likeness (QED) is 0.335. The molecule has 0 unspecified atom stereocenters. The lowest BCUT2D eigenvalue weighted by molar-refractivity contribution is 0.670. The highest BCUT2D eigenvalue weighted by Crippen LogP contribution is 2.28. The van der Waals surface area contributed by atoms with Gasteiger partial charge in [0, 0.05) is 39.3 Å². The first-order chi connectivity index (χ1) is 14.7. The van der Waals surface area contributed by atoms with Crippen LogP contribution < -0.4 is 5.32 Å². The molecule has 0 aliphatic rings. The van der Waals surface area contributed by atoms with Crippen molar-refractivity contribution in [2.45, 2.75) is 19.6 Å². The van der Waals surface area contributed by atoms with Gasteiger partial charge in [-0.15, -0.1) is 0 Å². The van der Waals surface area contributed by atoms with E-state index in [1.165, 1.54) is 10.9 Å². The number of rotatable bonds is 6. The summed E-state index contributed by atoms with van der Waals surface area (Å²) in [6.07, 6.45) is 2.18. The summed E-state index contributed by atoms with van der Waals surface area (Å²) in [6, 6.07) is 22.1. The van der Waals surface area contributed by atoms with Gasteiger partial charge < -0.3 is 14.9 Å². The van der Waals surface area contributed by atoms with E-state index in [2.05, 4.69) is 50.3 Å². The summed E-state index contributed by atoms with van der Waals surface area (Å²) in [5.41, 5.74) is 5.37. The molecular weight excluding hydrogens is 415 g/mol. The molecular formula is C24H20Cl2N4. The molecule has 0 atom stereocenters. The van der Waals surface area contributed by atoms with Gasteiger partial charge >= 0.3 is 0 Å². The molecule has 0 saturated carbocycles. The molecule has 0 aliphatic carbocycles. The lowest BCUT2D eigenvalue weighted by atomic mass is 10.2. The standard InChI is InChI=1S/C24H20Cl2N4/c25-19-7-5-8-20(26)18(19)15-30-14-16(17-6-1-4-11-23(17)30)12-27-13-24-28-21-9-2-3-10-22(21)29-24/h1-11,14,27H,12-13,15H2,(H,28,29). The Morgan fingerprint density at radius 2 is 1.63 bits per heavy atom. The van der Waals surface area contributed by atoms with Crippen LogP contribution in [0.2, 0.25) is 10.0 Å². The van der Waals surface area contributed by atoms with Crippen molar-refractivity contribution in [1.82, 2.24) is 19.9 Å². The number of aromatic amines is 1. The molecule has 5 aromatic rings. The second-order valence-electron chi connectivity index (χ2n) is 7.30. The van der Waals surface area contributed by atoms with Crippen LogP contribution in [-0.2, 0) is 19.6 Å². The third kappa shape index (κ3) is 3.70. The zero-order valence-electron chi connectivity index (χ0n) is 16.2. The molecule has 6 heteroatoms. The second kappa shape index (κ2) is 8.15. The fourth-order valence-electron chi connectivity index (χ4n) is 3.85. The van der Waals surface area contributed by atoms with Gasteiger partial charge in [-0.05, 0) is 35.9 Å². The number of imidazole rings is 1. The minimum atomic E-state index is 0.628. The van der Waals surface area contributed by atoms with Crippen molar-refractivity contribution in [3.8, 4) is 0 Å². The molecule has 0 saturated heterocycles. The van der Waals surface area contributed by atoms with Crippen molar-refractivity contribution >= 4 is 45.1 Å². The summed E-state index contributed by atoms with van der Waals surface area (Å²) >= 11 is 12.8. The molecule has 2 heterocycles. The molecule has 0 fully saturated rings. The summed E-state index contributed by atoms with van der Waals surface area (Å²) in [4.78, 5) is 8.00. The number of aromatic nitrogens is 3. The van der Waals surface area contributed by atoms with Crippen molar-refractivity contribution < 1.29 is 0 Å². The van der Waals surface area contributed by atoms with E-state index in [1.54, 1.807) is 0 Å². The molecule has 30 heavy (non-hydrogen) atoms. The first-order valence-corrected chi connectivity index (χ1v) is 10.6. The highest BCUT2D eigenvalue weighted by molar-refractivity contribution is 6.36. The summed E-state index contributed by atoms with van der Waals surface area (Å²) in [5, 5.41) is 6.10. The Kier molecular flexibility index (Phi) is 5.21. The number of benzene rings is 3. The number of para-hydroxylation sites is 3. The molecule has 0 spiro atoms. The van der Waals surface area contributed by atoms with Gasteiger partial charge in [-0.3, -0.25) is 0 Å². The fraction of sp³-hybridized carbons (Fsp3) is 0.125. The molecule has 3 aromatic carbocycles. The zero-order chi connectivity index (χ0) is 20.5. The van der Waals surface area contributed by atoms with E-state index in [0.717, 1.165) is 34.5 Å². The molecule has 2 N–H and O–H groups in total. The minimum Gasteiger partial charge on any atom is -0.343 e. The van der Waals surface area contributed by atoms with Gasteiger partial charge in [0.1, 0.15) is 5.82 Å². The first-order valence-electron chi connectivity index (χ1n) is 9.83. The number of nitrogens with one attached hydrogen (secondary N) is 2. The lowest BCUT2D eigenvalue weighted by Gasteiger charge is -2.09. The normalized spacial score (nSPS) is 11.5. The van der Waals surface area contributed by atoms with Gasteiger partial charge in [-0.2, -0.15) is 0 Å². The van der Waals surface area contributed by atoms with Crippen LogP contribution in [0, 0.1) is 0 Å². The third-order valence-corrected chi connectivity index (χ3v) is 6.02. The van der Waals surface area contributed by atoms with Gasteiger partial charge in [-0.25, -0.2) is 4.98 Å². The molecule has 2 aromatic heterocycles. The predicted molar refractivity (Wildman–Crippen MR) is 124 cm³/mol. The van der Waals surface area contributed by atoms with Crippen molar-refractivity contribution in [2.75, 3.05) is 0 Å². The number of H-pyrrole nitrogens is 1. The lowest BCUT2D eigenvalue weighted by Crippen LogP contribution is -2.13. The van der Waals surface area contributed by atoms with Gasteiger partial charge in [0.25, 0.3) is 0 Å². The predicted octanol–water partition coefficient (Wildman–Crippen LogP) is 6.16. The molecule has 0 aliphatic heterocycles. The van der Waals surface area contributed by atoms with Crippen LogP contribution in [0.4, 0.5) is 0 Å². The maximum Gasteiger partial charge on any atom is 0.121 e. The van der Waals surface area contributed by atoms with E-state index in [0.29, 0.717) is 23.1 Å². The average Bonchev–Trinajstić information content (AvgIpc) is 3.32. The van der Waals surface area contributed by atoms with Gasteiger partial charge in [-0.1, -0.05) is 59.6 Å². The van der Waals surface area contributed by atoms with Gasteiger partial charge in [0.15, 0.2) is 0 Å². The Morgan fingerprint density at radius 3 is 2.47 bits per heavy atom. The van der Waals surface area contributed by atoms with E-state index in [1.807, 2.05) is 42.5 Å². The van der Waals surface area contributed by atoms with Crippen molar-refractivity contribution in [1.29, 1.82) is 0 Å². The average molecular weight is 435 g/mol. The fourth-order valence-corrected chi connectivity index (χ4v) is 4.37. The van der Waals surface area contributed by atoms with Crippen LogP contribution >= 0.6 is 23.2 Å². The molecule has 0 amide bonds. The largest absolute Gasteiger partial charge is 0.343 e. The van der Waals surface area contributed by atoms with E-state index in [4.69, 9.17) is 23.2 Å². The summed E-state index contributed by atoms with van der Waals surface area (Å²) in [5.74, 6) is 0.933. The van der Waals surface area contributed by atoms with Crippen molar-refractivity contribution in [3.05, 3.63) is 99.9 Å². The van der Waals surface area contributed by atoms with E-state index >= 15 is 0 Å². The number of hydrogen-bond donors (Lipinski definition) is 2. The second-order valence-corrected chi connectivity index (χ2v) is 8.12. The topological polar surface area (TPSA) is 45.6 Å². The summed E-state index contributed by atoms with van der Waals surface area (Å²) < 4.78 is 2.21. The summed E-state index contributed by atoms with van der Waals surface area (Å²) in [7, 11) is 0. The molecule has 5 rings (SSSR count). The highest BCUT2D eigenvalue weighted by Gasteiger charge is 2.12. The Morgan fingerprint density at radius 1 is 0.867 bits per heavy atom. The Hall–Kier alpha value is -2.79. The van der Waals surface area contributed by atoms with Crippen molar-refractivity contribution in [3.63, 3.8) is 0 Å². The van der Waals surface area contributed by atoms with E-state index < -0.39 is 0 Å². The highest BCUT2D eigenvalue weighted by atomic mass is 35.5. The Labute approximate surface area is 184 Å². The molecule has 4 nitrogen and oxygen atoms in total. The van der Waals surface area contributed by atoms with Crippen LogP contribution in [0.15, 0.2) is 72.9 Å². The van der Waals surface area contributed by atoms with Crippen LogP contribution in [-0.4, -0.2) is 14.5 Å². The van der Waals surface area contributed by atoms with Crippen LogP contribution in [0.5, 0.6) is 0 Å². The molecule has 0 radical (unpaired) electrons. The maximum absolute atomic E-state index is 6.40. The smallest absolute Gasteiger partial charge is 0.121 e. The van der Waals surface area contributed by atoms with E-state index in [9.17, 15) is 0 Å². The number of hydrogen-bond acceptors (Lipinski definition) is 2. The Bertz CT molecular complexity index is 1280. The summed E-state index contributed by atoms with van der Waals surface area (Å²) in [6.45, 7) is 2.04.